The number of nitrogens with one attached hydrogen (secondary N) is 1. The van der Waals surface area contributed by atoms with Crippen LogP contribution in [-0.2, 0) is 0 Å². The van der Waals surface area contributed by atoms with Gasteiger partial charge in [0.2, 0.25) is 5.13 Å². The second kappa shape index (κ2) is 7.37. The van der Waals surface area contributed by atoms with E-state index >= 15 is 0 Å². The van der Waals surface area contributed by atoms with Gasteiger partial charge in [0.05, 0.1) is 11.9 Å². The molecule has 4 aromatic rings. The molecule has 0 saturated heterocycles. The van der Waals surface area contributed by atoms with Crippen LogP contribution in [0.5, 0.6) is 0 Å². The zero-order valence-electron chi connectivity index (χ0n) is 14.2. The lowest BCUT2D eigenvalue weighted by molar-refractivity contribution is 0.548. The van der Waals surface area contributed by atoms with E-state index in [0.29, 0.717) is 0 Å². The molecule has 0 amide bonds. The van der Waals surface area contributed by atoms with Crippen molar-refractivity contribution in [2.24, 2.45) is 5.10 Å². The summed E-state index contributed by atoms with van der Waals surface area (Å²) < 4.78 is 5.63. The van der Waals surface area contributed by atoms with E-state index in [0.717, 1.165) is 39.0 Å². The molecule has 0 saturated carbocycles. The van der Waals surface area contributed by atoms with Gasteiger partial charge >= 0.3 is 0 Å². The third-order valence-corrected chi connectivity index (χ3v) is 4.63. The van der Waals surface area contributed by atoms with E-state index in [4.69, 9.17) is 4.42 Å². The van der Waals surface area contributed by atoms with E-state index in [1.165, 1.54) is 11.3 Å². The quantitative estimate of drug-likeness (QED) is 0.360. The predicted octanol–water partition coefficient (Wildman–Crippen LogP) is 5.82. The van der Waals surface area contributed by atoms with Crippen molar-refractivity contribution in [1.82, 2.24) is 4.98 Å². The van der Waals surface area contributed by atoms with Gasteiger partial charge in [-0.2, -0.15) is 5.10 Å². The van der Waals surface area contributed by atoms with Crippen molar-refractivity contribution in [3.63, 3.8) is 0 Å². The Labute approximate surface area is 155 Å². The highest BCUT2D eigenvalue weighted by Gasteiger charge is 2.03. The summed E-state index contributed by atoms with van der Waals surface area (Å²) in [6, 6.07) is 22.1. The van der Waals surface area contributed by atoms with Crippen LogP contribution in [0.3, 0.4) is 0 Å². The summed E-state index contributed by atoms with van der Waals surface area (Å²) in [5.74, 6) is 1.79. The molecule has 2 heterocycles. The van der Waals surface area contributed by atoms with Gasteiger partial charge < -0.3 is 4.42 Å². The van der Waals surface area contributed by atoms with Gasteiger partial charge in [-0.25, -0.2) is 4.98 Å². The lowest BCUT2D eigenvalue weighted by Crippen LogP contribution is -1.90. The van der Waals surface area contributed by atoms with E-state index in [1.54, 1.807) is 6.21 Å². The highest BCUT2D eigenvalue weighted by Crippen LogP contribution is 2.24. The summed E-state index contributed by atoms with van der Waals surface area (Å²) in [6.45, 7) is 1.94. The molecule has 0 unspecified atom stereocenters. The third-order valence-electron chi connectivity index (χ3n) is 3.88. The summed E-state index contributed by atoms with van der Waals surface area (Å²) in [7, 11) is 0. The molecule has 0 fully saturated rings. The minimum atomic E-state index is 0.766. The number of hydrazone groups is 1. The Hall–Kier alpha value is -3.18. The number of nitrogens with zero attached hydrogens (tertiary/aromatic N) is 2. The molecule has 26 heavy (non-hydrogen) atoms. The molecule has 0 aliphatic carbocycles. The zero-order valence-corrected chi connectivity index (χ0v) is 15.0. The van der Waals surface area contributed by atoms with E-state index in [-0.39, 0.29) is 0 Å². The average molecular weight is 359 g/mol. The molecule has 0 aliphatic rings. The summed E-state index contributed by atoms with van der Waals surface area (Å²) in [5, 5.41) is 7.06. The number of furan rings is 1. The van der Waals surface area contributed by atoms with Crippen molar-refractivity contribution in [2.75, 3.05) is 5.43 Å². The summed E-state index contributed by atoms with van der Waals surface area (Å²) in [6.07, 6.45) is 1.78. The smallest absolute Gasteiger partial charge is 0.203 e. The maximum atomic E-state index is 5.63. The lowest BCUT2D eigenvalue weighted by atomic mass is 10.1. The van der Waals surface area contributed by atoms with Crippen LogP contribution in [0, 0.1) is 6.92 Å². The van der Waals surface area contributed by atoms with Crippen molar-refractivity contribution in [3.8, 4) is 22.6 Å². The van der Waals surface area contributed by atoms with Crippen LogP contribution in [-0.4, -0.2) is 11.2 Å². The standard InChI is InChI=1S/C21H17N3OS/c1-15-7-12-20(25-15)18-10-8-16(9-11-18)13-22-24-21-23-19(14-26-21)17-5-3-2-4-6-17/h2-14H,1H3,(H,23,24). The first-order valence-electron chi connectivity index (χ1n) is 8.25. The second-order valence-corrected chi connectivity index (χ2v) is 6.66. The van der Waals surface area contributed by atoms with Crippen LogP contribution >= 0.6 is 11.3 Å². The minimum Gasteiger partial charge on any atom is -0.461 e. The van der Waals surface area contributed by atoms with E-state index in [2.05, 4.69) is 15.5 Å². The van der Waals surface area contributed by atoms with Gasteiger partial charge in [0, 0.05) is 16.5 Å². The van der Waals surface area contributed by atoms with Gasteiger partial charge in [0.25, 0.3) is 0 Å². The fraction of sp³-hybridized carbons (Fsp3) is 0.0476. The molecule has 4 rings (SSSR count). The molecule has 0 aliphatic heterocycles. The summed E-state index contributed by atoms with van der Waals surface area (Å²) >= 11 is 1.53. The molecule has 0 radical (unpaired) electrons. The first kappa shape index (κ1) is 16.3. The Morgan fingerprint density at radius 3 is 2.50 bits per heavy atom. The second-order valence-electron chi connectivity index (χ2n) is 5.81. The molecule has 5 heteroatoms. The van der Waals surface area contributed by atoms with Crippen molar-refractivity contribution in [2.45, 2.75) is 6.92 Å². The minimum absolute atomic E-state index is 0.766. The fourth-order valence-electron chi connectivity index (χ4n) is 2.55. The van der Waals surface area contributed by atoms with E-state index < -0.39 is 0 Å². The zero-order chi connectivity index (χ0) is 17.8. The molecule has 0 atom stereocenters. The molecule has 128 valence electrons. The Balaban J connectivity index is 1.40. The molecule has 0 bridgehead atoms. The summed E-state index contributed by atoms with van der Waals surface area (Å²) in [5.41, 5.74) is 7.10. The van der Waals surface area contributed by atoms with Gasteiger partial charge in [-0.05, 0) is 24.6 Å². The Morgan fingerprint density at radius 2 is 1.77 bits per heavy atom. The number of aryl methyl sites for hydroxylation is 1. The largest absolute Gasteiger partial charge is 0.461 e. The first-order chi connectivity index (χ1) is 12.8. The Bertz CT molecular complexity index is 1020. The number of aromatic nitrogens is 1. The molecule has 0 spiro atoms. The summed E-state index contributed by atoms with van der Waals surface area (Å²) in [4.78, 5) is 4.55. The fourth-order valence-corrected chi connectivity index (χ4v) is 3.22. The first-order valence-corrected chi connectivity index (χ1v) is 9.13. The van der Waals surface area contributed by atoms with Gasteiger partial charge in [0.1, 0.15) is 11.5 Å². The number of thiazole rings is 1. The average Bonchev–Trinajstić information content (AvgIpc) is 3.32. The van der Waals surface area contributed by atoms with Crippen molar-refractivity contribution in [1.29, 1.82) is 0 Å². The molecule has 2 aromatic heterocycles. The normalized spacial score (nSPS) is 11.1. The molecule has 2 aromatic carbocycles. The van der Waals surface area contributed by atoms with Gasteiger partial charge in [-0.3, -0.25) is 5.43 Å². The predicted molar refractivity (Wildman–Crippen MR) is 108 cm³/mol. The Morgan fingerprint density at radius 1 is 0.962 bits per heavy atom. The van der Waals surface area contributed by atoms with Gasteiger partial charge in [0.15, 0.2) is 0 Å². The number of benzene rings is 2. The van der Waals surface area contributed by atoms with Crippen LogP contribution in [0.4, 0.5) is 5.13 Å². The Kier molecular flexibility index (Phi) is 4.62. The van der Waals surface area contributed by atoms with Crippen molar-refractivity contribution >= 4 is 22.7 Å². The van der Waals surface area contributed by atoms with Crippen molar-refractivity contribution < 1.29 is 4.42 Å². The number of anilines is 1. The third kappa shape index (κ3) is 3.73. The molecule has 1 N–H and O–H groups in total. The number of rotatable bonds is 5. The van der Waals surface area contributed by atoms with Crippen molar-refractivity contribution in [3.05, 3.63) is 83.4 Å². The van der Waals surface area contributed by atoms with E-state index in [1.807, 2.05) is 79.0 Å². The maximum Gasteiger partial charge on any atom is 0.203 e. The van der Waals surface area contributed by atoms with Crippen LogP contribution in [0.1, 0.15) is 11.3 Å². The molecular weight excluding hydrogens is 342 g/mol. The highest BCUT2D eigenvalue weighted by molar-refractivity contribution is 7.14. The van der Waals surface area contributed by atoms with Gasteiger partial charge in [-0.15, -0.1) is 11.3 Å². The number of hydrogen-bond acceptors (Lipinski definition) is 5. The van der Waals surface area contributed by atoms with E-state index in [9.17, 15) is 0 Å². The monoisotopic (exact) mass is 359 g/mol. The number of hydrogen-bond donors (Lipinski definition) is 1. The SMILES string of the molecule is Cc1ccc(-c2ccc(C=NNc3nc(-c4ccccc4)cs3)cc2)o1. The van der Waals surface area contributed by atoms with Crippen LogP contribution < -0.4 is 5.43 Å². The lowest BCUT2D eigenvalue weighted by Gasteiger charge is -1.98. The van der Waals surface area contributed by atoms with Crippen LogP contribution in [0.2, 0.25) is 0 Å². The van der Waals surface area contributed by atoms with Crippen LogP contribution in [0.15, 0.2) is 81.6 Å². The molecular formula is C21H17N3OS. The maximum absolute atomic E-state index is 5.63. The molecule has 4 nitrogen and oxygen atoms in total. The van der Waals surface area contributed by atoms with Crippen LogP contribution in [0.25, 0.3) is 22.6 Å². The van der Waals surface area contributed by atoms with Gasteiger partial charge in [-0.1, -0.05) is 54.6 Å². The highest BCUT2D eigenvalue weighted by atomic mass is 32.1. The topological polar surface area (TPSA) is 50.4 Å².